The number of benzene rings is 2. The molecule has 27 heavy (non-hydrogen) atoms. The van der Waals surface area contributed by atoms with E-state index in [1.807, 2.05) is 18.2 Å². The van der Waals surface area contributed by atoms with E-state index >= 15 is 0 Å². The predicted octanol–water partition coefficient (Wildman–Crippen LogP) is 4.28. The lowest BCUT2D eigenvalue weighted by Crippen LogP contribution is -2.05. The number of aryl methyl sites for hydroxylation is 1. The van der Waals surface area contributed by atoms with Crippen LogP contribution in [0.15, 0.2) is 54.1 Å². The lowest BCUT2D eigenvalue weighted by atomic mass is 10.00. The first-order chi connectivity index (χ1) is 13.0. The van der Waals surface area contributed by atoms with Crippen molar-refractivity contribution in [2.24, 2.45) is 0 Å². The molecule has 0 aliphatic heterocycles. The standard InChI is InChI=1S/C22H21NO4/c1-2-4-16-7-9-18(10-8-16)22(26)19(15-23)13-17-5-3-6-20(14-17)27-12-11-21(24)25/h3,5-10,13-14H,2,4,11-12H2,1H3,(H,24,25)/b19-13+. The third-order valence-corrected chi connectivity index (χ3v) is 3.87. The minimum Gasteiger partial charge on any atom is -0.493 e. The third-order valence-electron chi connectivity index (χ3n) is 3.87. The van der Waals surface area contributed by atoms with Gasteiger partial charge in [0.05, 0.1) is 13.0 Å². The Balaban J connectivity index is 2.16. The van der Waals surface area contributed by atoms with Crippen LogP contribution < -0.4 is 4.74 Å². The summed E-state index contributed by atoms with van der Waals surface area (Å²) >= 11 is 0. The highest BCUT2D eigenvalue weighted by Crippen LogP contribution is 2.18. The van der Waals surface area contributed by atoms with E-state index in [0.29, 0.717) is 16.9 Å². The SMILES string of the molecule is CCCc1ccc(C(=O)/C(C#N)=C/c2cccc(OCCC(=O)O)c2)cc1. The second-order valence-electron chi connectivity index (χ2n) is 6.01. The van der Waals surface area contributed by atoms with Gasteiger partial charge in [-0.05, 0) is 35.8 Å². The van der Waals surface area contributed by atoms with Gasteiger partial charge in [-0.1, -0.05) is 49.7 Å². The predicted molar refractivity (Wildman–Crippen MR) is 103 cm³/mol. The lowest BCUT2D eigenvalue weighted by Gasteiger charge is -2.06. The zero-order valence-corrected chi connectivity index (χ0v) is 15.1. The summed E-state index contributed by atoms with van der Waals surface area (Å²) in [4.78, 5) is 23.1. The van der Waals surface area contributed by atoms with Gasteiger partial charge in [-0.15, -0.1) is 0 Å². The van der Waals surface area contributed by atoms with Gasteiger partial charge in [0, 0.05) is 5.56 Å². The molecule has 2 aromatic carbocycles. The fourth-order valence-electron chi connectivity index (χ4n) is 2.53. The van der Waals surface area contributed by atoms with Gasteiger partial charge < -0.3 is 9.84 Å². The molecule has 5 nitrogen and oxygen atoms in total. The molecule has 138 valence electrons. The molecule has 0 unspecified atom stereocenters. The van der Waals surface area contributed by atoms with Crippen molar-refractivity contribution in [3.63, 3.8) is 0 Å². The number of ether oxygens (including phenoxy) is 1. The number of Topliss-reactive ketones (excluding diaryl/α,β-unsaturated/α-hetero) is 1. The lowest BCUT2D eigenvalue weighted by molar-refractivity contribution is -0.137. The van der Waals surface area contributed by atoms with E-state index < -0.39 is 5.97 Å². The molecule has 0 atom stereocenters. The number of carbonyl (C=O) groups is 2. The molecular formula is C22H21NO4. The van der Waals surface area contributed by atoms with E-state index in [-0.39, 0.29) is 24.4 Å². The normalized spacial score (nSPS) is 10.9. The van der Waals surface area contributed by atoms with Gasteiger partial charge in [0.25, 0.3) is 0 Å². The van der Waals surface area contributed by atoms with Crippen LogP contribution in [0.1, 0.15) is 41.3 Å². The topological polar surface area (TPSA) is 87.4 Å². The number of carboxylic acid groups (broad SMARTS) is 1. The van der Waals surface area contributed by atoms with E-state index in [9.17, 15) is 14.9 Å². The number of hydrogen-bond acceptors (Lipinski definition) is 4. The number of ketones is 1. The molecular weight excluding hydrogens is 342 g/mol. The molecule has 0 radical (unpaired) electrons. The van der Waals surface area contributed by atoms with Crippen molar-refractivity contribution >= 4 is 17.8 Å². The second kappa shape index (κ2) is 9.93. The Morgan fingerprint density at radius 3 is 2.56 bits per heavy atom. The minimum atomic E-state index is -0.937. The van der Waals surface area contributed by atoms with E-state index in [4.69, 9.17) is 9.84 Å². The molecule has 5 heteroatoms. The smallest absolute Gasteiger partial charge is 0.306 e. The van der Waals surface area contributed by atoms with E-state index in [0.717, 1.165) is 18.4 Å². The summed E-state index contributed by atoms with van der Waals surface area (Å²) in [6, 6.07) is 16.1. The van der Waals surface area contributed by atoms with Crippen LogP contribution in [0.4, 0.5) is 0 Å². The van der Waals surface area contributed by atoms with Gasteiger partial charge in [0.15, 0.2) is 0 Å². The van der Waals surface area contributed by atoms with Crippen molar-refractivity contribution in [1.29, 1.82) is 5.26 Å². The zero-order valence-electron chi connectivity index (χ0n) is 15.1. The van der Waals surface area contributed by atoms with Crippen LogP contribution in [0.25, 0.3) is 6.08 Å². The maximum atomic E-state index is 12.6. The number of nitriles is 1. The van der Waals surface area contributed by atoms with Crippen molar-refractivity contribution in [3.05, 3.63) is 70.8 Å². The summed E-state index contributed by atoms with van der Waals surface area (Å²) in [7, 11) is 0. The van der Waals surface area contributed by atoms with Crippen LogP contribution in [-0.2, 0) is 11.2 Å². The Morgan fingerprint density at radius 2 is 1.93 bits per heavy atom. The monoisotopic (exact) mass is 363 g/mol. The number of rotatable bonds is 9. The fraction of sp³-hybridized carbons (Fsp3) is 0.227. The van der Waals surface area contributed by atoms with Crippen LogP contribution in [0, 0.1) is 11.3 Å². The molecule has 0 aromatic heterocycles. The largest absolute Gasteiger partial charge is 0.493 e. The number of carboxylic acids is 1. The molecule has 0 saturated carbocycles. The number of carbonyl (C=O) groups excluding carboxylic acids is 1. The maximum absolute atomic E-state index is 12.6. The molecule has 0 bridgehead atoms. The summed E-state index contributed by atoms with van der Waals surface area (Å²) in [5.41, 5.74) is 2.29. The molecule has 1 N–H and O–H groups in total. The Bertz CT molecular complexity index is 876. The van der Waals surface area contributed by atoms with Crippen LogP contribution >= 0.6 is 0 Å². The van der Waals surface area contributed by atoms with Crippen molar-refractivity contribution in [2.75, 3.05) is 6.61 Å². The number of nitrogens with zero attached hydrogens (tertiary/aromatic N) is 1. The van der Waals surface area contributed by atoms with Crippen molar-refractivity contribution in [1.82, 2.24) is 0 Å². The third kappa shape index (κ3) is 6.12. The maximum Gasteiger partial charge on any atom is 0.306 e. The Hall–Kier alpha value is -3.39. The first-order valence-corrected chi connectivity index (χ1v) is 8.73. The van der Waals surface area contributed by atoms with Crippen LogP contribution in [0.3, 0.4) is 0 Å². The van der Waals surface area contributed by atoms with Gasteiger partial charge in [-0.2, -0.15) is 5.26 Å². The van der Waals surface area contributed by atoms with E-state index in [2.05, 4.69) is 6.92 Å². The molecule has 2 rings (SSSR count). The summed E-state index contributed by atoms with van der Waals surface area (Å²) in [5.74, 6) is -0.787. The molecule has 0 aliphatic rings. The first kappa shape index (κ1) is 19.9. The van der Waals surface area contributed by atoms with Gasteiger partial charge in [0.1, 0.15) is 17.4 Å². The zero-order chi connectivity index (χ0) is 19.6. The van der Waals surface area contributed by atoms with Crippen LogP contribution in [0.2, 0.25) is 0 Å². The van der Waals surface area contributed by atoms with Crippen molar-refractivity contribution in [2.45, 2.75) is 26.2 Å². The molecule has 0 spiro atoms. The average molecular weight is 363 g/mol. The number of aliphatic carboxylic acids is 1. The quantitative estimate of drug-likeness (QED) is 0.408. The molecule has 2 aromatic rings. The summed E-state index contributed by atoms with van der Waals surface area (Å²) < 4.78 is 5.38. The first-order valence-electron chi connectivity index (χ1n) is 8.73. The van der Waals surface area contributed by atoms with Gasteiger partial charge in [-0.3, -0.25) is 9.59 Å². The van der Waals surface area contributed by atoms with Crippen molar-refractivity contribution in [3.8, 4) is 11.8 Å². The van der Waals surface area contributed by atoms with Gasteiger partial charge in [-0.25, -0.2) is 0 Å². The molecule has 0 heterocycles. The van der Waals surface area contributed by atoms with Crippen LogP contribution in [-0.4, -0.2) is 23.5 Å². The summed E-state index contributed by atoms with van der Waals surface area (Å²) in [6.45, 7) is 2.14. The second-order valence-corrected chi connectivity index (χ2v) is 6.01. The highest BCUT2D eigenvalue weighted by Gasteiger charge is 2.12. The van der Waals surface area contributed by atoms with Crippen molar-refractivity contribution < 1.29 is 19.4 Å². The highest BCUT2D eigenvalue weighted by atomic mass is 16.5. The number of hydrogen-bond donors (Lipinski definition) is 1. The molecule has 0 aliphatic carbocycles. The fourth-order valence-corrected chi connectivity index (χ4v) is 2.53. The minimum absolute atomic E-state index is 0.0286. The van der Waals surface area contributed by atoms with Crippen LogP contribution in [0.5, 0.6) is 5.75 Å². The Labute approximate surface area is 158 Å². The average Bonchev–Trinajstić information content (AvgIpc) is 2.66. The highest BCUT2D eigenvalue weighted by molar-refractivity contribution is 6.14. The summed E-state index contributed by atoms with van der Waals surface area (Å²) in [5, 5.41) is 18.0. The van der Waals surface area contributed by atoms with E-state index in [1.165, 1.54) is 6.08 Å². The Kier molecular flexibility index (Phi) is 7.33. The summed E-state index contributed by atoms with van der Waals surface area (Å²) in [6.07, 6.45) is 3.38. The Morgan fingerprint density at radius 1 is 1.19 bits per heavy atom. The molecule has 0 fully saturated rings. The molecule has 0 amide bonds. The number of allylic oxidation sites excluding steroid dienone is 1. The van der Waals surface area contributed by atoms with Gasteiger partial charge in [0.2, 0.25) is 5.78 Å². The molecule has 0 saturated heterocycles. The van der Waals surface area contributed by atoms with E-state index in [1.54, 1.807) is 36.4 Å². The van der Waals surface area contributed by atoms with Gasteiger partial charge >= 0.3 is 5.97 Å².